The number of aliphatic hydroxyl groups excluding tert-OH is 2. The van der Waals surface area contributed by atoms with Crippen LogP contribution in [-0.4, -0.2) is 42.3 Å². The molecule has 0 aromatic heterocycles. The number of rotatable bonds is 3. The third kappa shape index (κ3) is 2.45. The van der Waals surface area contributed by atoms with Crippen LogP contribution < -0.4 is 5.32 Å². The first kappa shape index (κ1) is 11.9. The second-order valence-corrected chi connectivity index (χ2v) is 4.29. The average Bonchev–Trinajstić information content (AvgIpc) is 2.16. The van der Waals surface area contributed by atoms with Crippen molar-refractivity contribution in [3.05, 3.63) is 0 Å². The van der Waals surface area contributed by atoms with Gasteiger partial charge in [-0.05, 0) is 25.3 Å². The molecule has 0 saturated carbocycles. The molecular formula is C10H21NO3. The molecule has 1 aliphatic heterocycles. The van der Waals surface area contributed by atoms with E-state index in [-0.39, 0.29) is 18.8 Å². The summed E-state index contributed by atoms with van der Waals surface area (Å²) in [6.07, 6.45) is -0.178. The van der Waals surface area contributed by atoms with Crippen LogP contribution in [0.2, 0.25) is 0 Å². The minimum absolute atomic E-state index is 0.0175. The van der Waals surface area contributed by atoms with E-state index >= 15 is 0 Å². The molecule has 84 valence electrons. The molecule has 4 heteroatoms. The van der Waals surface area contributed by atoms with Gasteiger partial charge in [-0.3, -0.25) is 0 Å². The van der Waals surface area contributed by atoms with E-state index in [1.807, 2.05) is 7.05 Å². The summed E-state index contributed by atoms with van der Waals surface area (Å²) in [5.41, 5.74) is 0. The third-order valence-corrected chi connectivity index (χ3v) is 3.07. The van der Waals surface area contributed by atoms with E-state index in [4.69, 9.17) is 9.84 Å². The summed E-state index contributed by atoms with van der Waals surface area (Å²) < 4.78 is 5.36. The maximum atomic E-state index is 9.57. The SMILES string of the molecule is CNC1CC(C(C)C)C(CO)OC1O. The molecule has 0 spiro atoms. The Hall–Kier alpha value is -0.160. The Morgan fingerprint density at radius 3 is 2.57 bits per heavy atom. The van der Waals surface area contributed by atoms with Crippen molar-refractivity contribution < 1.29 is 14.9 Å². The van der Waals surface area contributed by atoms with Gasteiger partial charge in [-0.2, -0.15) is 0 Å². The Morgan fingerprint density at radius 1 is 1.50 bits per heavy atom. The van der Waals surface area contributed by atoms with Gasteiger partial charge in [-0.1, -0.05) is 13.8 Å². The maximum Gasteiger partial charge on any atom is 0.170 e. The summed E-state index contributed by atoms with van der Waals surface area (Å²) in [7, 11) is 1.81. The van der Waals surface area contributed by atoms with Crippen molar-refractivity contribution in [1.82, 2.24) is 5.32 Å². The number of aliphatic hydroxyl groups is 2. The van der Waals surface area contributed by atoms with E-state index in [0.717, 1.165) is 6.42 Å². The molecule has 1 aliphatic rings. The highest BCUT2D eigenvalue weighted by atomic mass is 16.6. The van der Waals surface area contributed by atoms with Crippen molar-refractivity contribution >= 4 is 0 Å². The predicted octanol–water partition coefficient (Wildman–Crippen LogP) is -0.0538. The summed E-state index contributed by atoms with van der Waals surface area (Å²) in [5.74, 6) is 0.761. The molecule has 1 saturated heterocycles. The van der Waals surface area contributed by atoms with Crippen LogP contribution in [0.25, 0.3) is 0 Å². The van der Waals surface area contributed by atoms with Crippen LogP contribution in [-0.2, 0) is 4.74 Å². The van der Waals surface area contributed by atoms with Crippen LogP contribution in [0.15, 0.2) is 0 Å². The number of likely N-dealkylation sites (N-methyl/N-ethyl adjacent to an activating group) is 1. The second-order valence-electron chi connectivity index (χ2n) is 4.29. The lowest BCUT2D eigenvalue weighted by atomic mass is 9.82. The fourth-order valence-electron chi connectivity index (χ4n) is 2.08. The first-order valence-corrected chi connectivity index (χ1v) is 5.21. The summed E-state index contributed by atoms with van der Waals surface area (Å²) in [6.45, 7) is 4.21. The molecule has 0 bridgehead atoms. The summed E-state index contributed by atoms with van der Waals surface area (Å²) >= 11 is 0. The Balaban J connectivity index is 2.63. The molecule has 14 heavy (non-hydrogen) atoms. The molecule has 0 aromatic carbocycles. The van der Waals surface area contributed by atoms with Gasteiger partial charge >= 0.3 is 0 Å². The van der Waals surface area contributed by atoms with Gasteiger partial charge in [-0.15, -0.1) is 0 Å². The molecule has 0 amide bonds. The largest absolute Gasteiger partial charge is 0.394 e. The van der Waals surface area contributed by atoms with Crippen molar-refractivity contribution in [3.63, 3.8) is 0 Å². The fraction of sp³-hybridized carbons (Fsp3) is 1.00. The van der Waals surface area contributed by atoms with Crippen molar-refractivity contribution in [1.29, 1.82) is 0 Å². The monoisotopic (exact) mass is 203 g/mol. The number of ether oxygens (including phenoxy) is 1. The molecule has 0 radical (unpaired) electrons. The van der Waals surface area contributed by atoms with Gasteiger partial charge in [0.1, 0.15) is 0 Å². The molecule has 4 unspecified atom stereocenters. The van der Waals surface area contributed by atoms with E-state index in [1.54, 1.807) is 0 Å². The zero-order valence-corrected chi connectivity index (χ0v) is 9.10. The zero-order chi connectivity index (χ0) is 10.7. The van der Waals surface area contributed by atoms with Gasteiger partial charge in [-0.25, -0.2) is 0 Å². The normalized spacial score (nSPS) is 39.0. The smallest absolute Gasteiger partial charge is 0.170 e. The maximum absolute atomic E-state index is 9.57. The number of hydrogen-bond donors (Lipinski definition) is 3. The molecule has 1 heterocycles. The van der Waals surface area contributed by atoms with Crippen LogP contribution in [0, 0.1) is 11.8 Å². The fourth-order valence-corrected chi connectivity index (χ4v) is 2.08. The van der Waals surface area contributed by atoms with Crippen molar-refractivity contribution in [2.45, 2.75) is 38.7 Å². The van der Waals surface area contributed by atoms with Gasteiger partial charge in [0.2, 0.25) is 0 Å². The van der Waals surface area contributed by atoms with E-state index in [9.17, 15) is 5.11 Å². The van der Waals surface area contributed by atoms with E-state index in [2.05, 4.69) is 19.2 Å². The number of nitrogens with one attached hydrogen (secondary N) is 1. The van der Waals surface area contributed by atoms with Crippen LogP contribution >= 0.6 is 0 Å². The molecule has 3 N–H and O–H groups in total. The molecule has 1 rings (SSSR count). The van der Waals surface area contributed by atoms with Gasteiger partial charge in [0.05, 0.1) is 18.8 Å². The predicted molar refractivity (Wildman–Crippen MR) is 53.8 cm³/mol. The highest BCUT2D eigenvalue weighted by Crippen LogP contribution is 2.29. The standard InChI is InChI=1S/C10H21NO3/c1-6(2)7-4-8(11-3)10(13)14-9(7)5-12/h6-13H,4-5H2,1-3H3. The Kier molecular flexibility index (Phi) is 4.31. The zero-order valence-electron chi connectivity index (χ0n) is 9.10. The molecule has 0 aliphatic carbocycles. The minimum atomic E-state index is -0.799. The average molecular weight is 203 g/mol. The van der Waals surface area contributed by atoms with Crippen molar-refractivity contribution in [2.75, 3.05) is 13.7 Å². The Labute approximate surface area is 85.3 Å². The lowest BCUT2D eigenvalue weighted by Crippen LogP contribution is -2.52. The van der Waals surface area contributed by atoms with Gasteiger partial charge in [0.25, 0.3) is 0 Å². The van der Waals surface area contributed by atoms with Crippen molar-refractivity contribution in [2.24, 2.45) is 11.8 Å². The van der Waals surface area contributed by atoms with Crippen LogP contribution in [0.1, 0.15) is 20.3 Å². The quantitative estimate of drug-likeness (QED) is 0.601. The lowest BCUT2D eigenvalue weighted by molar-refractivity contribution is -0.211. The first-order chi connectivity index (χ1) is 6.60. The summed E-state index contributed by atoms with van der Waals surface area (Å²) in [6, 6.07) is -0.0230. The molecule has 4 atom stereocenters. The first-order valence-electron chi connectivity index (χ1n) is 5.21. The summed E-state index contributed by atoms with van der Waals surface area (Å²) in [5, 5.41) is 21.7. The minimum Gasteiger partial charge on any atom is -0.394 e. The highest BCUT2D eigenvalue weighted by molar-refractivity contribution is 4.85. The van der Waals surface area contributed by atoms with Gasteiger partial charge < -0.3 is 20.3 Å². The lowest BCUT2D eigenvalue weighted by Gasteiger charge is -2.40. The van der Waals surface area contributed by atoms with Gasteiger partial charge in [0, 0.05) is 0 Å². The molecule has 4 nitrogen and oxygen atoms in total. The Morgan fingerprint density at radius 2 is 2.14 bits per heavy atom. The van der Waals surface area contributed by atoms with Gasteiger partial charge in [0.15, 0.2) is 6.29 Å². The van der Waals surface area contributed by atoms with Crippen LogP contribution in [0.5, 0.6) is 0 Å². The van der Waals surface area contributed by atoms with E-state index < -0.39 is 6.29 Å². The van der Waals surface area contributed by atoms with Crippen molar-refractivity contribution in [3.8, 4) is 0 Å². The van der Waals surface area contributed by atoms with Crippen LogP contribution in [0.3, 0.4) is 0 Å². The second kappa shape index (κ2) is 5.07. The molecule has 1 fully saturated rings. The number of hydrogen-bond acceptors (Lipinski definition) is 4. The van der Waals surface area contributed by atoms with E-state index in [1.165, 1.54) is 0 Å². The highest BCUT2D eigenvalue weighted by Gasteiger charge is 2.37. The van der Waals surface area contributed by atoms with E-state index in [0.29, 0.717) is 11.8 Å². The van der Waals surface area contributed by atoms with Crippen LogP contribution in [0.4, 0.5) is 0 Å². The summed E-state index contributed by atoms with van der Waals surface area (Å²) in [4.78, 5) is 0. The molecular weight excluding hydrogens is 182 g/mol. The third-order valence-electron chi connectivity index (χ3n) is 3.07. The topological polar surface area (TPSA) is 61.7 Å². The molecule has 0 aromatic rings. The Bertz CT molecular complexity index is 175.